The van der Waals surface area contributed by atoms with Crippen LogP contribution in [0.2, 0.25) is 18.1 Å². The van der Waals surface area contributed by atoms with Crippen molar-refractivity contribution in [3.05, 3.63) is 30.3 Å². The van der Waals surface area contributed by atoms with E-state index in [-0.39, 0.29) is 22.0 Å². The molecule has 1 aromatic carbocycles. The Morgan fingerprint density at radius 1 is 1.06 bits per heavy atom. The maximum atomic E-state index is 6.27. The minimum atomic E-state index is -1.73. The molecule has 0 amide bonds. The molecule has 0 aliphatic carbocycles. The van der Waals surface area contributed by atoms with E-state index in [1.807, 2.05) is 30.3 Å². The van der Waals surface area contributed by atoms with Gasteiger partial charge in [-0.15, -0.1) is 0 Å². The van der Waals surface area contributed by atoms with E-state index in [1.165, 1.54) is 0 Å². The van der Waals surface area contributed by atoms with Gasteiger partial charge in [-0.2, -0.15) is 0 Å². The van der Waals surface area contributed by atoms with Crippen LogP contribution in [0, 0.1) is 5.92 Å². The summed E-state index contributed by atoms with van der Waals surface area (Å²) in [5.41, 5.74) is 0. The molecular formula is C14H24BrOSi-. The Morgan fingerprint density at radius 2 is 1.53 bits per heavy atom. The monoisotopic (exact) mass is 315 g/mol. The lowest BCUT2D eigenvalue weighted by Crippen LogP contribution is -3.00. The third kappa shape index (κ3) is 3.85. The summed E-state index contributed by atoms with van der Waals surface area (Å²) < 4.78 is 6.27. The van der Waals surface area contributed by atoms with Crippen molar-refractivity contribution in [1.82, 2.24) is 0 Å². The van der Waals surface area contributed by atoms with Gasteiger partial charge in [-0.3, -0.25) is 0 Å². The van der Waals surface area contributed by atoms with Crippen LogP contribution in [0.4, 0.5) is 0 Å². The van der Waals surface area contributed by atoms with E-state index in [2.05, 4.69) is 40.8 Å². The van der Waals surface area contributed by atoms with E-state index in [1.54, 1.807) is 0 Å². The number of rotatable bonds is 4. The number of benzene rings is 1. The Morgan fingerprint density at radius 3 is 1.94 bits per heavy atom. The Hall–Kier alpha value is -0.283. The molecule has 0 N–H and O–H groups in total. The molecule has 0 aliphatic rings. The molecule has 17 heavy (non-hydrogen) atoms. The molecule has 0 atom stereocenters. The van der Waals surface area contributed by atoms with Crippen molar-refractivity contribution in [2.24, 2.45) is 5.92 Å². The fourth-order valence-electron chi connectivity index (χ4n) is 1.61. The van der Waals surface area contributed by atoms with Crippen LogP contribution in [0.3, 0.4) is 0 Å². The molecular weight excluding hydrogens is 292 g/mol. The van der Waals surface area contributed by atoms with Gasteiger partial charge in [0.15, 0.2) is 0 Å². The van der Waals surface area contributed by atoms with E-state index in [9.17, 15) is 0 Å². The standard InChI is InChI=1S/C14H24OSi.BrH/c1-12(2)14(3,4)16(5,6)15-13-10-8-7-9-11-13;/h7-12H,1-6H3;1H/p-1. The molecule has 1 aromatic rings. The lowest BCUT2D eigenvalue weighted by atomic mass is 9.99. The van der Waals surface area contributed by atoms with Crippen molar-refractivity contribution in [1.29, 1.82) is 0 Å². The zero-order valence-corrected chi connectivity index (χ0v) is 14.3. The predicted molar refractivity (Wildman–Crippen MR) is 73.4 cm³/mol. The van der Waals surface area contributed by atoms with Crippen LogP contribution < -0.4 is 21.4 Å². The second kappa shape index (κ2) is 6.05. The SMILES string of the molecule is CC(C)C(C)(C)[Si](C)(C)Oc1ccccc1.[Br-]. The van der Waals surface area contributed by atoms with E-state index < -0.39 is 8.32 Å². The minimum absolute atomic E-state index is 0. The second-order valence-corrected chi connectivity index (χ2v) is 10.3. The molecule has 0 fully saturated rings. The first-order valence-electron chi connectivity index (χ1n) is 6.01. The van der Waals surface area contributed by atoms with E-state index in [0.29, 0.717) is 5.92 Å². The average Bonchev–Trinajstić information content (AvgIpc) is 2.18. The summed E-state index contributed by atoms with van der Waals surface area (Å²) in [6.45, 7) is 13.8. The molecule has 0 radical (unpaired) electrons. The predicted octanol–water partition coefficient (Wildman–Crippen LogP) is 1.71. The van der Waals surface area contributed by atoms with Crippen LogP contribution in [0.15, 0.2) is 30.3 Å². The topological polar surface area (TPSA) is 9.23 Å². The van der Waals surface area contributed by atoms with Gasteiger partial charge in [-0.25, -0.2) is 0 Å². The van der Waals surface area contributed by atoms with Gasteiger partial charge >= 0.3 is 0 Å². The molecule has 3 heteroatoms. The first-order valence-corrected chi connectivity index (χ1v) is 8.92. The summed E-state index contributed by atoms with van der Waals surface area (Å²) in [7, 11) is -1.73. The van der Waals surface area contributed by atoms with Crippen molar-refractivity contribution < 1.29 is 21.4 Å². The van der Waals surface area contributed by atoms with E-state index in [4.69, 9.17) is 4.43 Å². The largest absolute Gasteiger partial charge is 1.00 e. The van der Waals surface area contributed by atoms with Gasteiger partial charge in [0, 0.05) is 0 Å². The molecule has 0 spiro atoms. The highest BCUT2D eigenvalue weighted by atomic mass is 79.9. The molecule has 0 aliphatic heterocycles. The Bertz CT molecular complexity index is 333. The van der Waals surface area contributed by atoms with E-state index >= 15 is 0 Å². The molecule has 1 rings (SSSR count). The smallest absolute Gasteiger partial charge is 0.251 e. The number of halogens is 1. The molecule has 0 bridgehead atoms. The van der Waals surface area contributed by atoms with Crippen molar-refractivity contribution in [2.75, 3.05) is 0 Å². The number of hydrogen-bond acceptors (Lipinski definition) is 1. The first kappa shape index (κ1) is 16.7. The second-order valence-electron chi connectivity index (χ2n) is 5.80. The Kier molecular flexibility index (Phi) is 5.95. The van der Waals surface area contributed by atoms with Crippen LogP contribution in [0.25, 0.3) is 0 Å². The van der Waals surface area contributed by atoms with Gasteiger partial charge in [0.05, 0.1) is 0 Å². The van der Waals surface area contributed by atoms with Crippen molar-refractivity contribution in [2.45, 2.75) is 45.8 Å². The number of hydrogen-bond donors (Lipinski definition) is 0. The highest BCUT2D eigenvalue weighted by Gasteiger charge is 2.44. The molecule has 0 heterocycles. The van der Waals surface area contributed by atoms with Gasteiger partial charge < -0.3 is 21.4 Å². The Labute approximate surface area is 117 Å². The molecule has 0 saturated carbocycles. The fourth-order valence-corrected chi connectivity index (χ4v) is 3.99. The molecule has 0 unspecified atom stereocenters. The maximum absolute atomic E-state index is 6.27. The highest BCUT2D eigenvalue weighted by molar-refractivity contribution is 6.74. The van der Waals surface area contributed by atoms with Gasteiger partial charge in [0.25, 0.3) is 8.32 Å². The maximum Gasteiger partial charge on any atom is 0.251 e. The van der Waals surface area contributed by atoms with Crippen molar-refractivity contribution >= 4 is 8.32 Å². The normalized spacial score (nSPS) is 12.2. The summed E-state index contributed by atoms with van der Waals surface area (Å²) in [5, 5.41) is 0.267. The van der Waals surface area contributed by atoms with Crippen LogP contribution in [0.5, 0.6) is 5.75 Å². The van der Waals surface area contributed by atoms with Crippen molar-refractivity contribution in [3.8, 4) is 5.75 Å². The molecule has 1 nitrogen and oxygen atoms in total. The minimum Gasteiger partial charge on any atom is -1.00 e. The van der Waals surface area contributed by atoms with E-state index in [0.717, 1.165) is 5.75 Å². The fraction of sp³-hybridized carbons (Fsp3) is 0.571. The van der Waals surface area contributed by atoms with Gasteiger partial charge in [-0.1, -0.05) is 45.9 Å². The quantitative estimate of drug-likeness (QED) is 0.769. The molecule has 0 saturated heterocycles. The van der Waals surface area contributed by atoms with Gasteiger partial charge in [0.1, 0.15) is 5.75 Å². The zero-order chi connectivity index (χ0) is 12.4. The zero-order valence-electron chi connectivity index (χ0n) is 11.8. The summed E-state index contributed by atoms with van der Waals surface area (Å²) in [5.74, 6) is 1.64. The summed E-state index contributed by atoms with van der Waals surface area (Å²) in [6.07, 6.45) is 0. The van der Waals surface area contributed by atoms with Crippen molar-refractivity contribution in [3.63, 3.8) is 0 Å². The third-order valence-electron chi connectivity index (χ3n) is 4.11. The van der Waals surface area contributed by atoms with Crippen LogP contribution in [0.1, 0.15) is 27.7 Å². The highest BCUT2D eigenvalue weighted by Crippen LogP contribution is 2.44. The summed E-state index contributed by atoms with van der Waals surface area (Å²) >= 11 is 0. The molecule has 98 valence electrons. The lowest BCUT2D eigenvalue weighted by Gasteiger charge is -2.42. The van der Waals surface area contributed by atoms with Gasteiger partial charge in [0.2, 0.25) is 0 Å². The van der Waals surface area contributed by atoms with Gasteiger partial charge in [-0.05, 0) is 36.2 Å². The summed E-state index contributed by atoms with van der Waals surface area (Å²) in [4.78, 5) is 0. The van der Waals surface area contributed by atoms with Crippen LogP contribution in [-0.2, 0) is 0 Å². The average molecular weight is 316 g/mol. The third-order valence-corrected chi connectivity index (χ3v) is 8.54. The summed E-state index contributed by atoms with van der Waals surface area (Å²) in [6, 6.07) is 10.2. The van der Waals surface area contributed by atoms with Crippen LogP contribution in [-0.4, -0.2) is 8.32 Å². The first-order chi connectivity index (χ1) is 7.27. The molecule has 0 aromatic heterocycles. The van der Waals surface area contributed by atoms with Crippen LogP contribution >= 0.6 is 0 Å². The number of para-hydroxylation sites is 1. The lowest BCUT2D eigenvalue weighted by molar-refractivity contribution is -0.00000448. The Balaban J connectivity index is 0.00000256.